The maximum Gasteiger partial charge on any atom is 0.144 e. The summed E-state index contributed by atoms with van der Waals surface area (Å²) in [5.41, 5.74) is 5.78. The fraction of sp³-hybridized carbons (Fsp3) is 0.286. The molecule has 3 rings (SSSR count). The normalized spacial score (nSPS) is 16.0. The minimum atomic E-state index is 0.0318. The van der Waals surface area contributed by atoms with E-state index in [2.05, 4.69) is 62.0 Å². The zero-order valence-electron chi connectivity index (χ0n) is 15.0. The molecule has 0 amide bonds. The summed E-state index contributed by atoms with van der Waals surface area (Å²) in [7, 11) is 3.81. The predicted octanol–water partition coefficient (Wildman–Crippen LogP) is 5.08. The first-order valence-electron chi connectivity index (χ1n) is 8.17. The van der Waals surface area contributed by atoms with Crippen molar-refractivity contribution in [3.05, 3.63) is 59.7 Å². The highest BCUT2D eigenvalue weighted by Crippen LogP contribution is 2.38. The number of nitrogens with zero attached hydrogens (tertiary/aromatic N) is 2. The Morgan fingerprint density at radius 2 is 1.88 bits per heavy atom. The van der Waals surface area contributed by atoms with Gasteiger partial charge >= 0.3 is 0 Å². The Bertz CT molecular complexity index is 818. The van der Waals surface area contributed by atoms with E-state index in [0.29, 0.717) is 0 Å². The standard InChI is InChI=1S/C21H24N2O/c1-15-13-21(2,3)23(4)19-11-10-16(12-17(15)19)14-22-18-8-6-7-9-20(18)24-5/h6-14H,1-5H3. The molecule has 0 fully saturated rings. The minimum absolute atomic E-state index is 0.0318. The van der Waals surface area contributed by atoms with Gasteiger partial charge in [-0.05, 0) is 56.2 Å². The fourth-order valence-corrected chi connectivity index (χ4v) is 3.14. The Kier molecular flexibility index (Phi) is 4.18. The molecule has 3 heteroatoms. The van der Waals surface area contributed by atoms with Crippen molar-refractivity contribution >= 4 is 23.2 Å². The summed E-state index contributed by atoms with van der Waals surface area (Å²) < 4.78 is 5.35. The Morgan fingerprint density at radius 3 is 2.62 bits per heavy atom. The maximum absolute atomic E-state index is 5.35. The van der Waals surface area contributed by atoms with Crippen LogP contribution in [-0.2, 0) is 0 Å². The van der Waals surface area contributed by atoms with Crippen molar-refractivity contribution in [2.45, 2.75) is 26.3 Å². The summed E-state index contributed by atoms with van der Waals surface area (Å²) in [6.45, 7) is 6.64. The third kappa shape index (κ3) is 2.94. The van der Waals surface area contributed by atoms with E-state index in [-0.39, 0.29) is 5.54 Å². The second-order valence-electron chi connectivity index (χ2n) is 6.75. The average molecular weight is 320 g/mol. The van der Waals surface area contributed by atoms with E-state index in [1.54, 1.807) is 7.11 Å². The van der Waals surface area contributed by atoms with Gasteiger partial charge in [-0.25, -0.2) is 0 Å². The van der Waals surface area contributed by atoms with E-state index >= 15 is 0 Å². The monoisotopic (exact) mass is 320 g/mol. The molecular weight excluding hydrogens is 296 g/mol. The van der Waals surface area contributed by atoms with Crippen molar-refractivity contribution in [2.24, 2.45) is 4.99 Å². The molecule has 0 atom stereocenters. The first-order chi connectivity index (χ1) is 11.4. The van der Waals surface area contributed by atoms with Gasteiger partial charge in [-0.1, -0.05) is 24.3 Å². The summed E-state index contributed by atoms with van der Waals surface area (Å²) in [6.07, 6.45) is 4.21. The maximum atomic E-state index is 5.35. The van der Waals surface area contributed by atoms with E-state index in [9.17, 15) is 0 Å². The van der Waals surface area contributed by atoms with Crippen LogP contribution in [0.2, 0.25) is 0 Å². The van der Waals surface area contributed by atoms with Crippen LogP contribution in [-0.4, -0.2) is 25.9 Å². The first-order valence-corrected chi connectivity index (χ1v) is 8.17. The SMILES string of the molecule is COc1ccccc1N=Cc1ccc2c(c1)C(C)=CC(C)(C)N2C. The van der Waals surface area contributed by atoms with Gasteiger partial charge in [0.25, 0.3) is 0 Å². The molecule has 2 aromatic carbocycles. The van der Waals surface area contributed by atoms with Crippen LogP contribution in [0.1, 0.15) is 31.9 Å². The number of allylic oxidation sites excluding steroid dienone is 1. The van der Waals surface area contributed by atoms with Crippen molar-refractivity contribution in [1.82, 2.24) is 0 Å². The number of para-hydroxylation sites is 2. The lowest BCUT2D eigenvalue weighted by atomic mass is 9.89. The van der Waals surface area contributed by atoms with Gasteiger partial charge in [0.2, 0.25) is 0 Å². The highest BCUT2D eigenvalue weighted by molar-refractivity contribution is 5.89. The third-order valence-corrected chi connectivity index (χ3v) is 4.68. The second kappa shape index (κ2) is 6.16. The molecule has 24 heavy (non-hydrogen) atoms. The molecule has 3 nitrogen and oxygen atoms in total. The number of hydrogen-bond donors (Lipinski definition) is 0. The number of aliphatic imine (C=N–C) groups is 1. The first kappa shape index (κ1) is 16.3. The van der Waals surface area contributed by atoms with Crippen LogP contribution in [0.15, 0.2) is 53.5 Å². The highest BCUT2D eigenvalue weighted by atomic mass is 16.5. The largest absolute Gasteiger partial charge is 0.494 e. The van der Waals surface area contributed by atoms with Gasteiger partial charge in [-0.3, -0.25) is 4.99 Å². The number of ether oxygens (including phenoxy) is 1. The Balaban J connectivity index is 1.95. The van der Waals surface area contributed by atoms with Gasteiger partial charge in [-0.15, -0.1) is 0 Å². The van der Waals surface area contributed by atoms with Gasteiger partial charge < -0.3 is 9.64 Å². The molecule has 1 heterocycles. The van der Waals surface area contributed by atoms with Crippen LogP contribution < -0.4 is 9.64 Å². The van der Waals surface area contributed by atoms with E-state index in [4.69, 9.17) is 4.74 Å². The van der Waals surface area contributed by atoms with Gasteiger partial charge in [0.1, 0.15) is 11.4 Å². The molecule has 0 aliphatic carbocycles. The lowest BCUT2D eigenvalue weighted by molar-refractivity contribution is 0.416. The minimum Gasteiger partial charge on any atom is -0.494 e. The third-order valence-electron chi connectivity index (χ3n) is 4.68. The lowest BCUT2D eigenvalue weighted by Gasteiger charge is -2.40. The molecule has 0 N–H and O–H groups in total. The number of hydrogen-bond acceptors (Lipinski definition) is 3. The van der Waals surface area contributed by atoms with Crippen LogP contribution in [0.4, 0.5) is 11.4 Å². The summed E-state index contributed by atoms with van der Waals surface area (Å²) in [6, 6.07) is 14.3. The Labute approximate surface area is 144 Å². The molecule has 0 saturated heterocycles. The van der Waals surface area contributed by atoms with Crippen molar-refractivity contribution in [3.8, 4) is 5.75 Å². The fourth-order valence-electron chi connectivity index (χ4n) is 3.14. The van der Waals surface area contributed by atoms with Crippen molar-refractivity contribution < 1.29 is 4.74 Å². The summed E-state index contributed by atoms with van der Waals surface area (Å²) in [4.78, 5) is 6.90. The van der Waals surface area contributed by atoms with E-state index in [0.717, 1.165) is 17.0 Å². The lowest BCUT2D eigenvalue weighted by Crippen LogP contribution is -2.42. The molecule has 1 aliphatic rings. The topological polar surface area (TPSA) is 24.8 Å². The second-order valence-corrected chi connectivity index (χ2v) is 6.75. The molecule has 0 aromatic heterocycles. The zero-order chi connectivity index (χ0) is 17.3. The molecule has 0 unspecified atom stereocenters. The molecule has 0 spiro atoms. The van der Waals surface area contributed by atoms with Crippen LogP contribution in [0.3, 0.4) is 0 Å². The molecule has 0 saturated carbocycles. The molecule has 1 aliphatic heterocycles. The number of methoxy groups -OCH3 is 1. The van der Waals surface area contributed by atoms with Crippen LogP contribution in [0.25, 0.3) is 5.57 Å². The van der Waals surface area contributed by atoms with E-state index in [1.807, 2.05) is 30.5 Å². The van der Waals surface area contributed by atoms with Gasteiger partial charge in [0.15, 0.2) is 0 Å². The van der Waals surface area contributed by atoms with Gasteiger partial charge in [0.05, 0.1) is 12.6 Å². The Morgan fingerprint density at radius 1 is 1.12 bits per heavy atom. The highest BCUT2D eigenvalue weighted by Gasteiger charge is 2.28. The van der Waals surface area contributed by atoms with Crippen molar-refractivity contribution in [1.29, 1.82) is 0 Å². The Hall–Kier alpha value is -2.55. The van der Waals surface area contributed by atoms with E-state index < -0.39 is 0 Å². The molecule has 0 bridgehead atoms. The number of likely N-dealkylation sites (N-methyl/N-ethyl adjacent to an activating group) is 1. The van der Waals surface area contributed by atoms with Crippen molar-refractivity contribution in [3.63, 3.8) is 0 Å². The molecule has 124 valence electrons. The average Bonchev–Trinajstić information content (AvgIpc) is 2.58. The van der Waals surface area contributed by atoms with Crippen LogP contribution in [0.5, 0.6) is 5.75 Å². The number of anilines is 1. The predicted molar refractivity (Wildman–Crippen MR) is 103 cm³/mol. The quantitative estimate of drug-likeness (QED) is 0.737. The van der Waals surface area contributed by atoms with Gasteiger partial charge in [-0.2, -0.15) is 0 Å². The number of benzene rings is 2. The zero-order valence-corrected chi connectivity index (χ0v) is 15.0. The summed E-state index contributed by atoms with van der Waals surface area (Å²) >= 11 is 0. The van der Waals surface area contributed by atoms with Crippen molar-refractivity contribution in [2.75, 3.05) is 19.1 Å². The summed E-state index contributed by atoms with van der Waals surface area (Å²) in [5, 5.41) is 0. The van der Waals surface area contributed by atoms with Gasteiger partial charge in [0, 0.05) is 24.5 Å². The molecular formula is C21H24N2O. The number of fused-ring (bicyclic) bond motifs is 1. The summed E-state index contributed by atoms with van der Waals surface area (Å²) in [5.74, 6) is 0.782. The van der Waals surface area contributed by atoms with Crippen LogP contribution >= 0.6 is 0 Å². The van der Waals surface area contributed by atoms with E-state index in [1.165, 1.54) is 16.8 Å². The number of rotatable bonds is 3. The smallest absolute Gasteiger partial charge is 0.144 e. The van der Waals surface area contributed by atoms with Crippen LogP contribution in [0, 0.1) is 0 Å². The molecule has 2 aromatic rings. The molecule has 0 radical (unpaired) electrons.